The molecule has 1 aliphatic rings. The van der Waals surface area contributed by atoms with Gasteiger partial charge in [-0.2, -0.15) is 8.42 Å². The van der Waals surface area contributed by atoms with Gasteiger partial charge in [0.1, 0.15) is 15.0 Å². The second kappa shape index (κ2) is 11.1. The average molecular weight is 601 g/mol. The van der Waals surface area contributed by atoms with E-state index in [1.165, 1.54) is 48.5 Å². The van der Waals surface area contributed by atoms with E-state index >= 15 is 0 Å². The van der Waals surface area contributed by atoms with Crippen molar-refractivity contribution < 1.29 is 65.1 Å². The third-order valence-electron chi connectivity index (χ3n) is 6.44. The molecule has 0 amide bonds. The van der Waals surface area contributed by atoms with Gasteiger partial charge in [0.05, 0.1) is 38.8 Å². The zero-order valence-corrected chi connectivity index (χ0v) is 25.7. The van der Waals surface area contributed by atoms with Gasteiger partial charge in [-0.1, -0.05) is 36.4 Å². The molecular formula is C28H21N2NaO8S2. The first-order chi connectivity index (χ1) is 18.8. The number of carbonyl (C=O) groups is 2. The molecule has 41 heavy (non-hydrogen) atoms. The van der Waals surface area contributed by atoms with Crippen molar-refractivity contribution in [3.63, 3.8) is 0 Å². The number of anilines is 4. The normalized spacial score (nSPS) is 12.7. The standard InChI is InChI=1S/C28H22N2O8S2.Na/c1-15-7-9-19(23(13-15)39(33,34)35)29-21-11-12-22(30-20-10-8-16(2)14-24(20)40(36,37)38)26-25(21)27(31)17-5-3-4-6-18(17)28(26)32;/h3-14,29-30H,1-2H3,(H,33,34,35)(H,36,37,38);/q;+1/p-1. The maximum Gasteiger partial charge on any atom is 1.00 e. The zero-order valence-electron chi connectivity index (χ0n) is 22.0. The number of carbonyl (C=O) groups excluding carboxylic acids is 2. The molecule has 0 atom stereocenters. The molecule has 0 aromatic heterocycles. The topological polar surface area (TPSA) is 170 Å². The molecule has 0 saturated heterocycles. The van der Waals surface area contributed by atoms with E-state index in [0.717, 1.165) is 0 Å². The molecule has 10 nitrogen and oxygen atoms in total. The van der Waals surface area contributed by atoms with E-state index in [2.05, 4.69) is 10.6 Å². The van der Waals surface area contributed by atoms with Gasteiger partial charge in [0.25, 0.3) is 10.1 Å². The predicted octanol–water partition coefficient (Wildman–Crippen LogP) is 1.72. The Balaban J connectivity index is 0.00000387. The van der Waals surface area contributed by atoms with Crippen LogP contribution in [0.25, 0.3) is 0 Å². The van der Waals surface area contributed by atoms with Crippen LogP contribution in [0, 0.1) is 13.8 Å². The predicted molar refractivity (Wildman–Crippen MR) is 146 cm³/mol. The smallest absolute Gasteiger partial charge is 0.744 e. The number of hydrogen-bond donors (Lipinski definition) is 3. The minimum Gasteiger partial charge on any atom is -0.744 e. The van der Waals surface area contributed by atoms with Gasteiger partial charge in [-0.3, -0.25) is 14.1 Å². The first-order valence-corrected chi connectivity index (χ1v) is 14.6. The number of aryl methyl sites for hydroxylation is 2. The van der Waals surface area contributed by atoms with Gasteiger partial charge in [-0.15, -0.1) is 0 Å². The number of nitrogens with one attached hydrogen (secondary N) is 2. The fourth-order valence-corrected chi connectivity index (χ4v) is 6.06. The van der Waals surface area contributed by atoms with Gasteiger partial charge < -0.3 is 15.2 Å². The molecule has 1 aliphatic carbocycles. The van der Waals surface area contributed by atoms with E-state index in [9.17, 15) is 35.5 Å². The fraction of sp³-hybridized carbons (Fsp3) is 0.0714. The number of benzene rings is 4. The van der Waals surface area contributed by atoms with Gasteiger partial charge in [0.2, 0.25) is 0 Å². The molecule has 4 aromatic carbocycles. The van der Waals surface area contributed by atoms with E-state index in [1.807, 2.05) is 0 Å². The van der Waals surface area contributed by atoms with Crippen molar-refractivity contribution in [3.8, 4) is 0 Å². The van der Waals surface area contributed by atoms with E-state index < -0.39 is 41.6 Å². The minimum atomic E-state index is -4.90. The molecule has 4 aromatic rings. The first kappa shape index (κ1) is 30.6. The Kier molecular flexibility index (Phi) is 8.31. The van der Waals surface area contributed by atoms with Crippen LogP contribution in [-0.4, -0.2) is 37.5 Å². The van der Waals surface area contributed by atoms with Gasteiger partial charge in [0.15, 0.2) is 11.6 Å². The molecular weight excluding hydrogens is 579 g/mol. The van der Waals surface area contributed by atoms with Crippen LogP contribution in [0.1, 0.15) is 43.0 Å². The van der Waals surface area contributed by atoms with Crippen LogP contribution < -0.4 is 40.2 Å². The maximum atomic E-state index is 13.7. The van der Waals surface area contributed by atoms with Crippen molar-refractivity contribution in [3.05, 3.63) is 106 Å². The van der Waals surface area contributed by atoms with E-state index in [4.69, 9.17) is 0 Å². The number of ketones is 2. The summed E-state index contributed by atoms with van der Waals surface area (Å²) in [6, 6.07) is 17.4. The molecule has 5 rings (SSSR count). The van der Waals surface area contributed by atoms with Gasteiger partial charge in [-0.05, 0) is 61.4 Å². The summed E-state index contributed by atoms with van der Waals surface area (Å²) in [5, 5.41) is 5.70. The Morgan fingerprint density at radius 2 is 1.02 bits per heavy atom. The van der Waals surface area contributed by atoms with E-state index in [1.54, 1.807) is 38.1 Å². The molecule has 0 saturated carbocycles. The number of hydrogen-bond acceptors (Lipinski definition) is 9. The van der Waals surface area contributed by atoms with Gasteiger partial charge in [-0.25, -0.2) is 8.42 Å². The summed E-state index contributed by atoms with van der Waals surface area (Å²) in [5.74, 6) is -1.09. The molecule has 13 heteroatoms. The van der Waals surface area contributed by atoms with Crippen LogP contribution in [0.4, 0.5) is 22.7 Å². The monoisotopic (exact) mass is 600 g/mol. The van der Waals surface area contributed by atoms with E-state index in [0.29, 0.717) is 11.1 Å². The molecule has 0 fully saturated rings. The van der Waals surface area contributed by atoms with Crippen molar-refractivity contribution in [2.75, 3.05) is 10.6 Å². The van der Waals surface area contributed by atoms with Gasteiger partial charge >= 0.3 is 29.6 Å². The second-order valence-corrected chi connectivity index (χ2v) is 12.0. The number of fused-ring (bicyclic) bond motifs is 2. The van der Waals surface area contributed by atoms with Crippen LogP contribution in [0.3, 0.4) is 0 Å². The van der Waals surface area contributed by atoms with Crippen molar-refractivity contribution in [2.45, 2.75) is 23.6 Å². The summed E-state index contributed by atoms with van der Waals surface area (Å²) in [7, 11) is -9.55. The summed E-state index contributed by atoms with van der Waals surface area (Å²) in [6.07, 6.45) is 0. The van der Waals surface area contributed by atoms with E-state index in [-0.39, 0.29) is 74.6 Å². The molecule has 0 bridgehead atoms. The molecule has 0 spiro atoms. The van der Waals surface area contributed by atoms with Crippen molar-refractivity contribution in [2.24, 2.45) is 0 Å². The number of rotatable bonds is 6. The Labute approximate surface area is 258 Å². The van der Waals surface area contributed by atoms with Crippen LogP contribution in [0.2, 0.25) is 0 Å². The van der Waals surface area contributed by atoms with Crippen molar-refractivity contribution in [1.29, 1.82) is 0 Å². The zero-order chi connectivity index (χ0) is 29.0. The molecule has 0 unspecified atom stereocenters. The van der Waals surface area contributed by atoms with Crippen LogP contribution >= 0.6 is 0 Å². The third kappa shape index (κ3) is 5.86. The SMILES string of the molecule is Cc1ccc(Nc2ccc(Nc3ccc(C)cc3S(=O)(=O)O)c3c2C(=O)c2ccccc2C3=O)c(S(=O)(=O)[O-])c1.[Na+]. The summed E-state index contributed by atoms with van der Waals surface area (Å²) in [4.78, 5) is 26.5. The third-order valence-corrected chi connectivity index (χ3v) is 8.21. The second-order valence-electron chi connectivity index (χ2n) is 9.29. The van der Waals surface area contributed by atoms with Crippen molar-refractivity contribution in [1.82, 2.24) is 0 Å². The maximum absolute atomic E-state index is 13.7. The molecule has 0 aliphatic heterocycles. The van der Waals surface area contributed by atoms with Crippen LogP contribution in [0.15, 0.2) is 82.6 Å². The Hall–Kier alpha value is -3.36. The van der Waals surface area contributed by atoms with Crippen molar-refractivity contribution >= 4 is 54.6 Å². The Bertz CT molecular complexity index is 1830. The molecule has 0 radical (unpaired) electrons. The van der Waals surface area contributed by atoms with Crippen LogP contribution in [-0.2, 0) is 20.2 Å². The summed E-state index contributed by atoms with van der Waals surface area (Å²) < 4.78 is 69.8. The Morgan fingerprint density at radius 3 is 1.44 bits per heavy atom. The first-order valence-electron chi connectivity index (χ1n) is 11.8. The fourth-order valence-electron chi connectivity index (χ4n) is 4.61. The summed E-state index contributed by atoms with van der Waals surface area (Å²) >= 11 is 0. The van der Waals surface area contributed by atoms with Crippen LogP contribution in [0.5, 0.6) is 0 Å². The summed E-state index contributed by atoms with van der Waals surface area (Å²) in [6.45, 7) is 3.26. The Morgan fingerprint density at radius 1 is 0.634 bits per heavy atom. The summed E-state index contributed by atoms with van der Waals surface area (Å²) in [5.41, 5.74) is 1.12. The average Bonchev–Trinajstić information content (AvgIpc) is 2.88. The van der Waals surface area contributed by atoms with Gasteiger partial charge in [0, 0.05) is 11.1 Å². The quantitative estimate of drug-likeness (QED) is 0.193. The molecule has 204 valence electrons. The molecule has 3 N–H and O–H groups in total. The minimum absolute atomic E-state index is 0. The largest absolute Gasteiger partial charge is 1.00 e. The molecule has 0 heterocycles.